The highest BCUT2D eigenvalue weighted by atomic mass is 16.6. The highest BCUT2D eigenvalue weighted by molar-refractivity contribution is 5.89. The fourth-order valence-corrected chi connectivity index (χ4v) is 2.69. The number of benzene rings is 2. The van der Waals surface area contributed by atoms with E-state index in [1.54, 1.807) is 31.2 Å². The first-order valence-electron chi connectivity index (χ1n) is 8.65. The van der Waals surface area contributed by atoms with E-state index in [4.69, 9.17) is 13.6 Å². The summed E-state index contributed by atoms with van der Waals surface area (Å²) in [6, 6.07) is 15.4. The molecule has 0 saturated carbocycles. The maximum Gasteiger partial charge on any atom is 0.375 e. The predicted molar refractivity (Wildman–Crippen MR) is 101 cm³/mol. The maximum absolute atomic E-state index is 12.4. The van der Waals surface area contributed by atoms with Gasteiger partial charge in [0.25, 0.3) is 5.89 Å². The fraction of sp³-hybridized carbons (Fsp3) is 0.143. The van der Waals surface area contributed by atoms with E-state index in [9.17, 15) is 9.59 Å². The SMILES string of the molecule is Cc1ccc(-c2nnc([C@H](C)OC(=O)c3cc(=O)c4ccccc4o3)o2)cc1. The van der Waals surface area contributed by atoms with E-state index in [-0.39, 0.29) is 17.1 Å². The Morgan fingerprint density at radius 1 is 1.04 bits per heavy atom. The van der Waals surface area contributed by atoms with E-state index in [0.717, 1.165) is 17.2 Å². The molecule has 0 unspecified atom stereocenters. The molecule has 2 aromatic carbocycles. The van der Waals surface area contributed by atoms with E-state index < -0.39 is 12.1 Å². The summed E-state index contributed by atoms with van der Waals surface area (Å²) in [6.07, 6.45) is -0.809. The largest absolute Gasteiger partial charge is 0.449 e. The van der Waals surface area contributed by atoms with Crippen LogP contribution in [0.3, 0.4) is 0 Å². The standard InChI is InChI=1S/C21H16N2O5/c1-12-7-9-14(10-8-12)20-23-22-19(28-20)13(2)26-21(25)18-11-16(24)15-5-3-4-6-17(15)27-18/h3-11,13H,1-2H3/t13-/m0/s1. The van der Waals surface area contributed by atoms with Crippen LogP contribution in [-0.4, -0.2) is 16.2 Å². The van der Waals surface area contributed by atoms with Crippen LogP contribution < -0.4 is 5.43 Å². The van der Waals surface area contributed by atoms with Gasteiger partial charge in [-0.15, -0.1) is 10.2 Å². The van der Waals surface area contributed by atoms with Gasteiger partial charge in [-0.25, -0.2) is 4.79 Å². The first-order chi connectivity index (χ1) is 13.5. The highest BCUT2D eigenvalue weighted by Gasteiger charge is 2.22. The van der Waals surface area contributed by atoms with Crippen molar-refractivity contribution in [1.82, 2.24) is 10.2 Å². The molecule has 1 atom stereocenters. The Hall–Kier alpha value is -3.74. The maximum atomic E-state index is 12.4. The van der Waals surface area contributed by atoms with E-state index >= 15 is 0 Å². The molecule has 140 valence electrons. The molecule has 0 bridgehead atoms. The zero-order valence-electron chi connectivity index (χ0n) is 15.2. The molecule has 0 fully saturated rings. The molecule has 7 nitrogen and oxygen atoms in total. The van der Waals surface area contributed by atoms with Crippen LogP contribution in [0.4, 0.5) is 0 Å². The summed E-state index contributed by atoms with van der Waals surface area (Å²) in [5.41, 5.74) is 1.88. The molecule has 0 radical (unpaired) electrons. The average Bonchev–Trinajstić information content (AvgIpc) is 3.19. The third-order valence-electron chi connectivity index (χ3n) is 4.21. The van der Waals surface area contributed by atoms with Crippen LogP contribution in [0, 0.1) is 6.92 Å². The zero-order valence-corrected chi connectivity index (χ0v) is 15.2. The van der Waals surface area contributed by atoms with Gasteiger partial charge in [-0.1, -0.05) is 29.8 Å². The summed E-state index contributed by atoms with van der Waals surface area (Å²) in [5, 5.41) is 8.33. The van der Waals surface area contributed by atoms with Crippen molar-refractivity contribution in [3.8, 4) is 11.5 Å². The Balaban J connectivity index is 1.54. The Kier molecular flexibility index (Phi) is 4.49. The Morgan fingerprint density at radius 2 is 1.79 bits per heavy atom. The van der Waals surface area contributed by atoms with Crippen LogP contribution in [0.2, 0.25) is 0 Å². The lowest BCUT2D eigenvalue weighted by molar-refractivity contribution is 0.0245. The number of nitrogens with zero attached hydrogens (tertiary/aromatic N) is 2. The molecule has 28 heavy (non-hydrogen) atoms. The van der Waals surface area contributed by atoms with E-state index in [1.807, 2.05) is 31.2 Å². The minimum atomic E-state index is -0.809. The molecule has 2 aromatic heterocycles. The normalized spacial score (nSPS) is 12.1. The lowest BCUT2D eigenvalue weighted by Gasteiger charge is -2.09. The number of aryl methyl sites for hydroxylation is 1. The number of hydrogen-bond acceptors (Lipinski definition) is 7. The number of hydrogen-bond donors (Lipinski definition) is 0. The van der Waals surface area contributed by atoms with Crippen molar-refractivity contribution in [3.05, 3.63) is 82.0 Å². The van der Waals surface area contributed by atoms with Crippen molar-refractivity contribution in [2.75, 3.05) is 0 Å². The second kappa shape index (κ2) is 7.11. The number of carbonyl (C=O) groups excluding carboxylic acids is 1. The van der Waals surface area contributed by atoms with Crippen molar-refractivity contribution in [1.29, 1.82) is 0 Å². The van der Waals surface area contributed by atoms with Crippen LogP contribution >= 0.6 is 0 Å². The van der Waals surface area contributed by atoms with Gasteiger partial charge < -0.3 is 13.6 Å². The molecule has 0 saturated heterocycles. The van der Waals surface area contributed by atoms with Crippen molar-refractivity contribution in [3.63, 3.8) is 0 Å². The Morgan fingerprint density at radius 3 is 2.57 bits per heavy atom. The predicted octanol–water partition coefficient (Wildman–Crippen LogP) is 4.07. The summed E-state index contributed by atoms with van der Waals surface area (Å²) < 4.78 is 16.4. The topological polar surface area (TPSA) is 95.4 Å². The number of rotatable bonds is 4. The summed E-state index contributed by atoms with van der Waals surface area (Å²) in [4.78, 5) is 24.5. The number of carbonyl (C=O) groups is 1. The van der Waals surface area contributed by atoms with Gasteiger partial charge in [0.15, 0.2) is 11.5 Å². The molecular formula is C21H16N2O5. The second-order valence-electron chi connectivity index (χ2n) is 6.33. The van der Waals surface area contributed by atoms with Crippen LogP contribution in [0.1, 0.15) is 35.0 Å². The van der Waals surface area contributed by atoms with Crippen LogP contribution in [0.5, 0.6) is 0 Å². The quantitative estimate of drug-likeness (QED) is 0.495. The molecular weight excluding hydrogens is 360 g/mol. The highest BCUT2D eigenvalue weighted by Crippen LogP contribution is 2.23. The number of aromatic nitrogens is 2. The molecule has 4 aromatic rings. The number of esters is 1. The van der Waals surface area contributed by atoms with Gasteiger partial charge in [-0.2, -0.15) is 0 Å². The van der Waals surface area contributed by atoms with Gasteiger partial charge in [0.05, 0.1) is 5.39 Å². The minimum absolute atomic E-state index is 0.145. The third-order valence-corrected chi connectivity index (χ3v) is 4.21. The summed E-state index contributed by atoms with van der Waals surface area (Å²) in [6.45, 7) is 3.58. The van der Waals surface area contributed by atoms with Crippen molar-refractivity contribution < 1.29 is 18.4 Å². The molecule has 0 N–H and O–H groups in total. The first kappa shape index (κ1) is 17.7. The van der Waals surface area contributed by atoms with E-state index in [0.29, 0.717) is 16.9 Å². The lowest BCUT2D eigenvalue weighted by atomic mass is 10.1. The zero-order chi connectivity index (χ0) is 19.7. The van der Waals surface area contributed by atoms with Crippen molar-refractivity contribution in [2.45, 2.75) is 20.0 Å². The van der Waals surface area contributed by atoms with Crippen LogP contribution in [0.25, 0.3) is 22.4 Å². The van der Waals surface area contributed by atoms with Crippen molar-refractivity contribution in [2.24, 2.45) is 0 Å². The molecule has 0 aliphatic heterocycles. The molecule has 2 heterocycles. The molecule has 7 heteroatoms. The average molecular weight is 376 g/mol. The summed E-state index contributed by atoms with van der Waals surface area (Å²) >= 11 is 0. The lowest BCUT2D eigenvalue weighted by Crippen LogP contribution is -2.12. The summed E-state index contributed by atoms with van der Waals surface area (Å²) in [7, 11) is 0. The van der Waals surface area contributed by atoms with E-state index in [2.05, 4.69) is 10.2 Å². The summed E-state index contributed by atoms with van der Waals surface area (Å²) in [5.74, 6) is -0.499. The molecule has 0 amide bonds. The number of para-hydroxylation sites is 1. The van der Waals surface area contributed by atoms with Gasteiger partial charge >= 0.3 is 5.97 Å². The number of ether oxygens (including phenoxy) is 1. The molecule has 0 aliphatic carbocycles. The van der Waals surface area contributed by atoms with Crippen LogP contribution in [-0.2, 0) is 4.74 Å². The van der Waals surface area contributed by atoms with Gasteiger partial charge in [-0.05, 0) is 38.1 Å². The minimum Gasteiger partial charge on any atom is -0.449 e. The first-order valence-corrected chi connectivity index (χ1v) is 8.65. The molecule has 4 rings (SSSR count). The van der Waals surface area contributed by atoms with Crippen molar-refractivity contribution >= 4 is 16.9 Å². The van der Waals surface area contributed by atoms with E-state index in [1.165, 1.54) is 0 Å². The third kappa shape index (κ3) is 3.42. The molecule has 0 aliphatic rings. The van der Waals surface area contributed by atoms with Gasteiger partial charge in [0.1, 0.15) is 5.58 Å². The monoisotopic (exact) mass is 376 g/mol. The number of fused-ring (bicyclic) bond motifs is 1. The Bertz CT molecular complexity index is 1210. The van der Waals surface area contributed by atoms with Gasteiger partial charge in [0, 0.05) is 11.6 Å². The van der Waals surface area contributed by atoms with Gasteiger partial charge in [0.2, 0.25) is 11.7 Å². The Labute approximate surface area is 159 Å². The second-order valence-corrected chi connectivity index (χ2v) is 6.33. The molecule has 0 spiro atoms. The fourth-order valence-electron chi connectivity index (χ4n) is 2.69. The van der Waals surface area contributed by atoms with Gasteiger partial charge in [-0.3, -0.25) is 4.79 Å². The smallest absolute Gasteiger partial charge is 0.375 e. The van der Waals surface area contributed by atoms with Crippen LogP contribution in [0.15, 0.2) is 68.2 Å².